The Morgan fingerprint density at radius 1 is 0.944 bits per heavy atom. The van der Waals surface area contributed by atoms with Crippen LogP contribution in [0.25, 0.3) is 0 Å². The molecule has 2 aromatic carbocycles. The van der Waals surface area contributed by atoms with E-state index in [0.717, 1.165) is 16.1 Å². The molecule has 198 valence electrons. The van der Waals surface area contributed by atoms with Crippen molar-refractivity contribution in [2.45, 2.75) is 53.1 Å². The molecular formula is C26H35Cl2N3O4S. The maximum atomic E-state index is 13.6. The standard InChI is InChI=1S/C26H35Cl2N3O4S/c1-17(2)14-29-26(33)19(5)30(15-22-23(27)8-7-9-24(22)28)25(32)16-31(36(6,34)35)21-12-10-20(11-13-21)18(3)4/h7-13,17-19H,14-16H2,1-6H3,(H,29,33). The molecule has 1 atom stereocenters. The van der Waals surface area contributed by atoms with Crippen LogP contribution in [-0.4, -0.2) is 50.5 Å². The quantitative estimate of drug-likeness (QED) is 0.419. The van der Waals surface area contributed by atoms with Gasteiger partial charge in [-0.15, -0.1) is 0 Å². The third-order valence-electron chi connectivity index (χ3n) is 5.77. The fourth-order valence-corrected chi connectivity index (χ4v) is 4.89. The summed E-state index contributed by atoms with van der Waals surface area (Å²) in [6.07, 6.45) is 1.05. The molecule has 0 aliphatic heterocycles. The Bertz CT molecular complexity index is 1150. The van der Waals surface area contributed by atoms with Crippen molar-refractivity contribution in [3.8, 4) is 0 Å². The van der Waals surface area contributed by atoms with E-state index < -0.39 is 28.5 Å². The summed E-state index contributed by atoms with van der Waals surface area (Å²) in [5.41, 5.74) is 1.89. The molecule has 0 radical (unpaired) electrons. The van der Waals surface area contributed by atoms with Crippen LogP contribution >= 0.6 is 23.2 Å². The normalized spacial score (nSPS) is 12.5. The number of amides is 2. The molecule has 0 aliphatic carbocycles. The van der Waals surface area contributed by atoms with Crippen LogP contribution in [0.1, 0.15) is 51.7 Å². The van der Waals surface area contributed by atoms with E-state index in [1.54, 1.807) is 37.3 Å². The predicted octanol–water partition coefficient (Wildman–Crippen LogP) is 5.07. The molecule has 0 fully saturated rings. The van der Waals surface area contributed by atoms with E-state index in [1.165, 1.54) is 4.90 Å². The number of hydrogen-bond acceptors (Lipinski definition) is 4. The van der Waals surface area contributed by atoms with Crippen LogP contribution in [0.4, 0.5) is 5.69 Å². The lowest BCUT2D eigenvalue weighted by Gasteiger charge is -2.32. The molecule has 2 amide bonds. The highest BCUT2D eigenvalue weighted by atomic mass is 35.5. The lowest BCUT2D eigenvalue weighted by atomic mass is 10.0. The van der Waals surface area contributed by atoms with E-state index in [9.17, 15) is 18.0 Å². The minimum absolute atomic E-state index is 0.0580. The molecule has 7 nitrogen and oxygen atoms in total. The minimum Gasteiger partial charge on any atom is -0.354 e. The molecule has 10 heteroatoms. The van der Waals surface area contributed by atoms with Crippen LogP contribution in [0.15, 0.2) is 42.5 Å². The predicted molar refractivity (Wildman–Crippen MR) is 147 cm³/mol. The Kier molecular flexibility index (Phi) is 10.6. The zero-order chi connectivity index (χ0) is 27.2. The summed E-state index contributed by atoms with van der Waals surface area (Å²) < 4.78 is 26.4. The van der Waals surface area contributed by atoms with Crippen LogP contribution in [0.3, 0.4) is 0 Å². The highest BCUT2D eigenvalue weighted by Gasteiger charge is 2.31. The molecule has 0 bridgehead atoms. The zero-order valence-electron chi connectivity index (χ0n) is 21.6. The molecule has 1 unspecified atom stereocenters. The first-order chi connectivity index (χ1) is 16.7. The maximum absolute atomic E-state index is 13.6. The number of hydrogen-bond donors (Lipinski definition) is 1. The second-order valence-corrected chi connectivity index (χ2v) is 12.3. The van der Waals surface area contributed by atoms with Crippen LogP contribution in [-0.2, 0) is 26.2 Å². The first kappa shape index (κ1) is 29.9. The van der Waals surface area contributed by atoms with Gasteiger partial charge in [-0.1, -0.05) is 69.1 Å². The Balaban J connectivity index is 2.42. The average molecular weight is 557 g/mol. The number of rotatable bonds is 11. The van der Waals surface area contributed by atoms with E-state index in [-0.39, 0.29) is 24.3 Å². The smallest absolute Gasteiger partial charge is 0.244 e. The largest absolute Gasteiger partial charge is 0.354 e. The average Bonchev–Trinajstić information content (AvgIpc) is 2.79. The monoisotopic (exact) mass is 555 g/mol. The molecule has 2 aromatic rings. The van der Waals surface area contributed by atoms with Crippen molar-refractivity contribution >= 4 is 50.7 Å². The van der Waals surface area contributed by atoms with Gasteiger partial charge in [0.05, 0.1) is 11.9 Å². The lowest BCUT2D eigenvalue weighted by molar-refractivity contribution is -0.139. The summed E-state index contributed by atoms with van der Waals surface area (Å²) in [6.45, 7) is 9.50. The molecule has 36 heavy (non-hydrogen) atoms. The van der Waals surface area contributed by atoms with Crippen molar-refractivity contribution in [1.29, 1.82) is 0 Å². The van der Waals surface area contributed by atoms with Gasteiger partial charge in [0.15, 0.2) is 0 Å². The van der Waals surface area contributed by atoms with Crippen molar-refractivity contribution in [2.75, 3.05) is 23.7 Å². The molecule has 2 rings (SSSR count). The molecule has 1 N–H and O–H groups in total. The fourth-order valence-electron chi connectivity index (χ4n) is 3.53. The highest BCUT2D eigenvalue weighted by molar-refractivity contribution is 7.92. The van der Waals surface area contributed by atoms with Gasteiger partial charge in [0.2, 0.25) is 21.8 Å². The Labute approximate surface area is 224 Å². The van der Waals surface area contributed by atoms with E-state index >= 15 is 0 Å². The van der Waals surface area contributed by atoms with E-state index in [4.69, 9.17) is 23.2 Å². The van der Waals surface area contributed by atoms with Crippen LogP contribution in [0.2, 0.25) is 10.0 Å². The first-order valence-electron chi connectivity index (χ1n) is 11.8. The van der Waals surface area contributed by atoms with Crippen LogP contribution < -0.4 is 9.62 Å². The first-order valence-corrected chi connectivity index (χ1v) is 14.4. The summed E-state index contributed by atoms with van der Waals surface area (Å²) in [6, 6.07) is 11.1. The molecule has 0 saturated carbocycles. The third kappa shape index (κ3) is 8.11. The minimum atomic E-state index is -3.80. The van der Waals surface area contributed by atoms with Gasteiger partial charge in [-0.25, -0.2) is 8.42 Å². The van der Waals surface area contributed by atoms with Gasteiger partial charge in [0.25, 0.3) is 0 Å². The lowest BCUT2D eigenvalue weighted by Crippen LogP contribution is -2.51. The van der Waals surface area contributed by atoms with Crippen molar-refractivity contribution in [2.24, 2.45) is 5.92 Å². The maximum Gasteiger partial charge on any atom is 0.244 e. The van der Waals surface area contributed by atoms with E-state index in [1.807, 2.05) is 39.8 Å². The Hall–Kier alpha value is -2.29. The van der Waals surface area contributed by atoms with Gasteiger partial charge in [-0.2, -0.15) is 0 Å². The van der Waals surface area contributed by atoms with Crippen molar-refractivity contribution < 1.29 is 18.0 Å². The second-order valence-electron chi connectivity index (χ2n) is 9.55. The van der Waals surface area contributed by atoms with Gasteiger partial charge in [0, 0.05) is 28.7 Å². The van der Waals surface area contributed by atoms with Gasteiger partial charge >= 0.3 is 0 Å². The van der Waals surface area contributed by atoms with Gasteiger partial charge in [0.1, 0.15) is 12.6 Å². The number of anilines is 1. The molecule has 0 aliphatic rings. The van der Waals surface area contributed by atoms with Crippen molar-refractivity contribution in [3.05, 3.63) is 63.6 Å². The van der Waals surface area contributed by atoms with Crippen LogP contribution in [0, 0.1) is 5.92 Å². The summed E-state index contributed by atoms with van der Waals surface area (Å²) in [4.78, 5) is 27.8. The summed E-state index contributed by atoms with van der Waals surface area (Å²) in [5, 5.41) is 3.53. The summed E-state index contributed by atoms with van der Waals surface area (Å²) in [7, 11) is -3.80. The summed E-state index contributed by atoms with van der Waals surface area (Å²) in [5.74, 6) is -0.421. The zero-order valence-corrected chi connectivity index (χ0v) is 23.9. The molecule has 0 saturated heterocycles. The molecule has 0 spiro atoms. The molecule has 0 heterocycles. The second kappa shape index (κ2) is 12.8. The number of halogens is 2. The molecule has 0 aromatic heterocycles. The van der Waals surface area contributed by atoms with Gasteiger partial charge < -0.3 is 10.2 Å². The van der Waals surface area contributed by atoms with E-state index in [0.29, 0.717) is 27.8 Å². The van der Waals surface area contributed by atoms with Crippen molar-refractivity contribution in [1.82, 2.24) is 10.2 Å². The topological polar surface area (TPSA) is 86.8 Å². The molecular weight excluding hydrogens is 521 g/mol. The number of carbonyl (C=O) groups is 2. The number of carbonyl (C=O) groups excluding carboxylic acids is 2. The number of nitrogens with one attached hydrogen (secondary N) is 1. The Morgan fingerprint density at radius 3 is 1.97 bits per heavy atom. The van der Waals surface area contributed by atoms with Gasteiger partial charge in [-0.05, 0) is 48.6 Å². The summed E-state index contributed by atoms with van der Waals surface area (Å²) >= 11 is 12.7. The van der Waals surface area contributed by atoms with Crippen LogP contribution in [0.5, 0.6) is 0 Å². The number of nitrogens with zero attached hydrogens (tertiary/aromatic N) is 2. The number of sulfonamides is 1. The van der Waals surface area contributed by atoms with Gasteiger partial charge in [-0.3, -0.25) is 13.9 Å². The Morgan fingerprint density at radius 2 is 1.50 bits per heavy atom. The fraction of sp³-hybridized carbons (Fsp3) is 0.462. The number of benzene rings is 2. The van der Waals surface area contributed by atoms with Crippen molar-refractivity contribution in [3.63, 3.8) is 0 Å². The SMILES string of the molecule is CC(C)CNC(=O)C(C)N(Cc1c(Cl)cccc1Cl)C(=O)CN(c1ccc(C(C)C)cc1)S(C)(=O)=O. The third-order valence-corrected chi connectivity index (χ3v) is 7.62. The van der Waals surface area contributed by atoms with E-state index in [2.05, 4.69) is 5.32 Å². The highest BCUT2D eigenvalue weighted by Crippen LogP contribution is 2.27.